The standard InChI is InChI=1S/C16H32O6/c1-2-3-4-5-6-7-8-9-10-21-16-14(20)13(19)15(22-16)12(18)11-17/h12-20H,2-11H2,1H3. The molecule has 22 heavy (non-hydrogen) atoms. The van der Waals surface area contributed by atoms with E-state index in [4.69, 9.17) is 14.6 Å². The van der Waals surface area contributed by atoms with Gasteiger partial charge >= 0.3 is 0 Å². The molecule has 1 aliphatic rings. The van der Waals surface area contributed by atoms with Crippen molar-refractivity contribution in [3.8, 4) is 0 Å². The van der Waals surface area contributed by atoms with Crippen LogP contribution in [0, 0.1) is 0 Å². The summed E-state index contributed by atoms with van der Waals surface area (Å²) >= 11 is 0. The van der Waals surface area contributed by atoms with E-state index in [1.807, 2.05) is 0 Å². The molecule has 0 aromatic rings. The molecule has 1 fully saturated rings. The maximum Gasteiger partial charge on any atom is 0.186 e. The van der Waals surface area contributed by atoms with Gasteiger partial charge in [0, 0.05) is 6.61 Å². The highest BCUT2D eigenvalue weighted by atomic mass is 16.7. The van der Waals surface area contributed by atoms with E-state index in [0.717, 1.165) is 12.8 Å². The molecule has 0 bridgehead atoms. The Bertz CT molecular complexity index is 275. The van der Waals surface area contributed by atoms with E-state index in [9.17, 15) is 15.3 Å². The smallest absolute Gasteiger partial charge is 0.186 e. The summed E-state index contributed by atoms with van der Waals surface area (Å²) in [5.74, 6) is 0. The third-order valence-electron chi connectivity index (χ3n) is 4.10. The van der Waals surface area contributed by atoms with E-state index in [2.05, 4.69) is 6.92 Å². The first-order chi connectivity index (χ1) is 10.6. The summed E-state index contributed by atoms with van der Waals surface area (Å²) in [5.41, 5.74) is 0. The van der Waals surface area contributed by atoms with E-state index in [-0.39, 0.29) is 0 Å². The molecule has 6 nitrogen and oxygen atoms in total. The van der Waals surface area contributed by atoms with Crippen LogP contribution in [-0.4, -0.2) is 64.3 Å². The molecular formula is C16H32O6. The van der Waals surface area contributed by atoms with Crippen molar-refractivity contribution in [2.24, 2.45) is 0 Å². The number of ether oxygens (including phenoxy) is 2. The second-order valence-electron chi connectivity index (χ2n) is 6.05. The van der Waals surface area contributed by atoms with Crippen molar-refractivity contribution >= 4 is 0 Å². The maximum absolute atomic E-state index is 9.80. The fourth-order valence-corrected chi connectivity index (χ4v) is 2.67. The fourth-order valence-electron chi connectivity index (χ4n) is 2.67. The first kappa shape index (κ1) is 19.8. The zero-order valence-electron chi connectivity index (χ0n) is 13.6. The third kappa shape index (κ3) is 6.48. The first-order valence-corrected chi connectivity index (χ1v) is 8.54. The van der Waals surface area contributed by atoms with E-state index < -0.39 is 37.3 Å². The molecule has 0 saturated carbocycles. The number of rotatable bonds is 12. The Labute approximate surface area is 133 Å². The number of aliphatic hydroxyl groups excluding tert-OH is 4. The van der Waals surface area contributed by atoms with Crippen molar-refractivity contribution in [1.29, 1.82) is 0 Å². The molecule has 4 N–H and O–H groups in total. The molecule has 1 rings (SSSR count). The summed E-state index contributed by atoms with van der Waals surface area (Å²) in [6, 6.07) is 0. The predicted molar refractivity (Wildman–Crippen MR) is 82.3 cm³/mol. The number of hydrogen-bond donors (Lipinski definition) is 4. The van der Waals surface area contributed by atoms with Gasteiger partial charge in [0.2, 0.25) is 0 Å². The minimum absolute atomic E-state index is 0.450. The monoisotopic (exact) mass is 320 g/mol. The molecule has 5 unspecified atom stereocenters. The van der Waals surface area contributed by atoms with Crippen LogP contribution in [0.3, 0.4) is 0 Å². The topological polar surface area (TPSA) is 99.4 Å². The highest BCUT2D eigenvalue weighted by molar-refractivity contribution is 4.90. The zero-order chi connectivity index (χ0) is 16.4. The summed E-state index contributed by atoms with van der Waals surface area (Å²) in [6.07, 6.45) is 3.92. The van der Waals surface area contributed by atoms with Crippen molar-refractivity contribution < 1.29 is 29.9 Å². The van der Waals surface area contributed by atoms with Gasteiger partial charge in [-0.3, -0.25) is 0 Å². The molecule has 0 amide bonds. The van der Waals surface area contributed by atoms with Gasteiger partial charge in [-0.05, 0) is 6.42 Å². The second-order valence-corrected chi connectivity index (χ2v) is 6.05. The molecule has 132 valence electrons. The Hall–Kier alpha value is -0.240. The van der Waals surface area contributed by atoms with Gasteiger partial charge in [0.05, 0.1) is 6.61 Å². The lowest BCUT2D eigenvalue weighted by atomic mass is 10.1. The Morgan fingerprint density at radius 2 is 1.55 bits per heavy atom. The average Bonchev–Trinajstić information content (AvgIpc) is 2.81. The molecule has 0 aromatic carbocycles. The Morgan fingerprint density at radius 3 is 2.14 bits per heavy atom. The second kappa shape index (κ2) is 11.3. The summed E-state index contributed by atoms with van der Waals surface area (Å²) in [7, 11) is 0. The lowest BCUT2D eigenvalue weighted by Crippen LogP contribution is -2.40. The summed E-state index contributed by atoms with van der Waals surface area (Å²) < 4.78 is 10.7. The summed E-state index contributed by atoms with van der Waals surface area (Å²) in [4.78, 5) is 0. The number of unbranched alkanes of at least 4 members (excludes halogenated alkanes) is 7. The van der Waals surface area contributed by atoms with Gasteiger partial charge in [-0.1, -0.05) is 51.9 Å². The van der Waals surface area contributed by atoms with Crippen LogP contribution in [0.5, 0.6) is 0 Å². The Kier molecular flexibility index (Phi) is 10.2. The van der Waals surface area contributed by atoms with E-state index in [1.165, 1.54) is 38.5 Å². The normalized spacial score (nSPS) is 29.9. The largest absolute Gasteiger partial charge is 0.394 e. The highest BCUT2D eigenvalue weighted by Crippen LogP contribution is 2.24. The number of hydrogen-bond acceptors (Lipinski definition) is 6. The summed E-state index contributed by atoms with van der Waals surface area (Å²) in [5, 5.41) is 37.9. The molecule has 0 aliphatic carbocycles. The molecule has 5 atom stereocenters. The highest BCUT2D eigenvalue weighted by Gasteiger charge is 2.46. The van der Waals surface area contributed by atoms with Crippen LogP contribution < -0.4 is 0 Å². The van der Waals surface area contributed by atoms with Crippen molar-refractivity contribution in [1.82, 2.24) is 0 Å². The average molecular weight is 320 g/mol. The molecule has 0 aromatic heterocycles. The lowest BCUT2D eigenvalue weighted by molar-refractivity contribution is -0.181. The fraction of sp³-hybridized carbons (Fsp3) is 1.00. The van der Waals surface area contributed by atoms with Crippen molar-refractivity contribution in [3.63, 3.8) is 0 Å². The van der Waals surface area contributed by atoms with Crippen molar-refractivity contribution in [2.75, 3.05) is 13.2 Å². The van der Waals surface area contributed by atoms with Gasteiger partial charge in [0.25, 0.3) is 0 Å². The molecule has 0 spiro atoms. The number of aliphatic hydroxyl groups is 4. The van der Waals surface area contributed by atoms with E-state index in [0.29, 0.717) is 6.61 Å². The van der Waals surface area contributed by atoms with Crippen molar-refractivity contribution in [2.45, 2.75) is 89.0 Å². The van der Waals surface area contributed by atoms with Crippen LogP contribution in [-0.2, 0) is 9.47 Å². The zero-order valence-corrected chi connectivity index (χ0v) is 13.6. The molecule has 1 aliphatic heterocycles. The van der Waals surface area contributed by atoms with Gasteiger partial charge in [-0.25, -0.2) is 0 Å². The van der Waals surface area contributed by atoms with Gasteiger partial charge < -0.3 is 29.9 Å². The first-order valence-electron chi connectivity index (χ1n) is 8.54. The summed E-state index contributed by atoms with van der Waals surface area (Å²) in [6.45, 7) is 2.13. The predicted octanol–water partition coefficient (Wildman–Crippen LogP) is 0.944. The molecule has 1 saturated heterocycles. The van der Waals surface area contributed by atoms with Crippen LogP contribution >= 0.6 is 0 Å². The van der Waals surface area contributed by atoms with Gasteiger partial charge in [-0.15, -0.1) is 0 Å². The van der Waals surface area contributed by atoms with Crippen LogP contribution in [0.1, 0.15) is 58.3 Å². The van der Waals surface area contributed by atoms with Crippen LogP contribution in [0.15, 0.2) is 0 Å². The quantitative estimate of drug-likeness (QED) is 0.400. The minimum atomic E-state index is -1.24. The molecule has 0 radical (unpaired) electrons. The van der Waals surface area contributed by atoms with Gasteiger partial charge in [0.15, 0.2) is 6.29 Å². The molecular weight excluding hydrogens is 288 g/mol. The van der Waals surface area contributed by atoms with Crippen LogP contribution in [0.4, 0.5) is 0 Å². The third-order valence-corrected chi connectivity index (χ3v) is 4.10. The Morgan fingerprint density at radius 1 is 0.955 bits per heavy atom. The minimum Gasteiger partial charge on any atom is -0.394 e. The van der Waals surface area contributed by atoms with Gasteiger partial charge in [0.1, 0.15) is 24.4 Å². The van der Waals surface area contributed by atoms with E-state index >= 15 is 0 Å². The maximum atomic E-state index is 9.80. The lowest BCUT2D eigenvalue weighted by Gasteiger charge is -2.18. The van der Waals surface area contributed by atoms with Crippen LogP contribution in [0.2, 0.25) is 0 Å². The van der Waals surface area contributed by atoms with Crippen LogP contribution in [0.25, 0.3) is 0 Å². The van der Waals surface area contributed by atoms with Crippen molar-refractivity contribution in [3.05, 3.63) is 0 Å². The van der Waals surface area contributed by atoms with Gasteiger partial charge in [-0.2, -0.15) is 0 Å². The van der Waals surface area contributed by atoms with E-state index in [1.54, 1.807) is 0 Å². The molecule has 6 heteroatoms. The molecule has 1 heterocycles. The Balaban J connectivity index is 2.07. The SMILES string of the molecule is CCCCCCCCCCOC1OC(C(O)CO)C(O)C1O.